The first kappa shape index (κ1) is 57.4. The minimum Gasteiger partial charge on any atom is -0.566 e. The van der Waals surface area contributed by atoms with E-state index >= 15 is 0 Å². The Balaban J connectivity index is 1.21. The van der Waals surface area contributed by atoms with Crippen molar-refractivity contribution < 1.29 is 94.9 Å². The molecule has 0 N–H and O–H groups in total. The van der Waals surface area contributed by atoms with Crippen LogP contribution < -0.4 is 4.89 Å². The van der Waals surface area contributed by atoms with E-state index < -0.39 is 125 Å². The molecule has 2 aliphatic rings. The molecular formula is C61H49O20P. The zero-order valence-electron chi connectivity index (χ0n) is 43.0. The van der Waals surface area contributed by atoms with Gasteiger partial charge in [-0.25, -0.2) is 33.6 Å². The first-order valence-electron chi connectivity index (χ1n) is 25.4. The van der Waals surface area contributed by atoms with Crippen LogP contribution in [0.1, 0.15) is 72.5 Å². The van der Waals surface area contributed by atoms with Gasteiger partial charge >= 0.3 is 50.0 Å². The Kier molecular flexibility index (Phi) is 19.4. The summed E-state index contributed by atoms with van der Waals surface area (Å²) in [5, 5.41) is 0. The van der Waals surface area contributed by atoms with Crippen LogP contribution in [0.3, 0.4) is 0 Å². The highest BCUT2D eigenvalue weighted by atomic mass is 31.1. The van der Waals surface area contributed by atoms with Crippen LogP contribution in [0.25, 0.3) is 0 Å². The largest absolute Gasteiger partial charge is 0.566 e. The Morgan fingerprint density at radius 2 is 0.573 bits per heavy atom. The lowest BCUT2D eigenvalue weighted by atomic mass is 9.95. The van der Waals surface area contributed by atoms with Gasteiger partial charge in [-0.1, -0.05) is 127 Å². The predicted octanol–water partition coefficient (Wildman–Crippen LogP) is 7.70. The number of benzene rings is 7. The Labute approximate surface area is 469 Å². The molecular weight excluding hydrogens is 1080 g/mol. The summed E-state index contributed by atoms with van der Waals surface area (Å²) in [5.74, 6) is -7.13. The fourth-order valence-electron chi connectivity index (χ4n) is 8.74. The molecule has 2 fully saturated rings. The lowest BCUT2D eigenvalue weighted by Crippen LogP contribution is -2.67. The number of hydrogen-bond acceptors (Lipinski definition) is 20. The van der Waals surface area contributed by atoms with E-state index in [-0.39, 0.29) is 38.9 Å². The molecule has 0 aliphatic carbocycles. The quantitative estimate of drug-likeness (QED) is 0.0402. The van der Waals surface area contributed by atoms with Gasteiger partial charge in [-0.3, -0.25) is 0 Å². The summed E-state index contributed by atoms with van der Waals surface area (Å²) in [6.07, 6.45) is -20.0. The predicted molar refractivity (Wildman–Crippen MR) is 283 cm³/mol. The van der Waals surface area contributed by atoms with Gasteiger partial charge in [0.1, 0.15) is 31.5 Å². The number of rotatable bonds is 20. The highest BCUT2D eigenvalue weighted by Crippen LogP contribution is 2.38. The molecule has 0 radical (unpaired) electrons. The van der Waals surface area contributed by atoms with E-state index in [1.54, 1.807) is 91.0 Å². The van der Waals surface area contributed by atoms with Crippen molar-refractivity contribution in [3.05, 3.63) is 251 Å². The average molecular weight is 1130 g/mol. The topological polar surface area (TPSA) is 261 Å². The molecule has 82 heavy (non-hydrogen) atoms. The van der Waals surface area contributed by atoms with Crippen LogP contribution in [0.15, 0.2) is 212 Å². The van der Waals surface area contributed by atoms with E-state index in [1.807, 2.05) is 0 Å². The molecule has 9 rings (SSSR count). The van der Waals surface area contributed by atoms with E-state index in [0.29, 0.717) is 0 Å². The van der Waals surface area contributed by atoms with Gasteiger partial charge in [-0.05, 0) is 89.5 Å². The molecule has 20 nitrogen and oxygen atoms in total. The SMILES string of the molecule is O=C(OC[C@H]1O[C@@H](O[C@H]2[C@H](OC(=O)c3ccccc3)[C@H](OC(=O)c3ccccc3)[C@@H](O[P+](=O)[O-])O[C@@H]2COC(=O)c2ccccc2)[C@@H](OC(=O)c2ccccc2)[C@@H](OC(=O)c2ccccc2)[C@H]1OC(=O)c1ccccc1)c1ccccc1. The summed E-state index contributed by atoms with van der Waals surface area (Å²) < 4.78 is 80.1. The van der Waals surface area contributed by atoms with Crippen molar-refractivity contribution in [3.8, 4) is 0 Å². The zero-order chi connectivity index (χ0) is 57.4. The summed E-state index contributed by atoms with van der Waals surface area (Å²) in [6.45, 7) is -1.66. The second-order valence-corrected chi connectivity index (χ2v) is 18.8. The van der Waals surface area contributed by atoms with Gasteiger partial charge in [-0.2, -0.15) is 0 Å². The van der Waals surface area contributed by atoms with Crippen LogP contribution in [-0.4, -0.2) is 116 Å². The summed E-state index contributed by atoms with van der Waals surface area (Å²) in [4.78, 5) is 112. The Hall–Kier alpha value is -9.27. The van der Waals surface area contributed by atoms with Crippen molar-refractivity contribution in [1.29, 1.82) is 0 Å². The zero-order valence-corrected chi connectivity index (χ0v) is 43.9. The first-order valence-corrected chi connectivity index (χ1v) is 26.5. The number of carbonyl (C=O) groups is 7. The number of ether oxygens (including phenoxy) is 10. The Morgan fingerprint density at radius 1 is 0.329 bits per heavy atom. The maximum absolute atomic E-state index is 14.5. The van der Waals surface area contributed by atoms with Crippen LogP contribution >= 0.6 is 8.25 Å². The molecule has 418 valence electrons. The van der Waals surface area contributed by atoms with E-state index in [9.17, 15) is 43.0 Å². The summed E-state index contributed by atoms with van der Waals surface area (Å²) in [6, 6.07) is 53.0. The summed E-state index contributed by atoms with van der Waals surface area (Å²) >= 11 is 0. The molecule has 0 saturated carbocycles. The molecule has 0 bridgehead atoms. The highest BCUT2D eigenvalue weighted by Gasteiger charge is 2.59. The molecule has 1 unspecified atom stereocenters. The van der Waals surface area contributed by atoms with E-state index in [1.165, 1.54) is 121 Å². The average Bonchev–Trinajstić information content (AvgIpc) is 3.67. The molecule has 7 aromatic rings. The van der Waals surface area contributed by atoms with E-state index in [2.05, 4.69) is 0 Å². The normalized spacial score (nSPS) is 22.2. The lowest BCUT2D eigenvalue weighted by Gasteiger charge is -2.48. The molecule has 7 aromatic carbocycles. The third-order valence-corrected chi connectivity index (χ3v) is 13.1. The van der Waals surface area contributed by atoms with Crippen molar-refractivity contribution in [2.75, 3.05) is 13.2 Å². The Morgan fingerprint density at radius 3 is 0.890 bits per heavy atom. The molecule has 2 saturated heterocycles. The molecule has 2 aliphatic heterocycles. The molecule has 21 heteroatoms. The van der Waals surface area contributed by atoms with Crippen molar-refractivity contribution in [3.63, 3.8) is 0 Å². The smallest absolute Gasteiger partial charge is 0.491 e. The second kappa shape index (κ2) is 27.7. The second-order valence-electron chi connectivity index (χ2n) is 18.1. The standard InChI is InChI=1S/C61H49O20P/c62-53(38-22-8-1-9-23-38)71-36-45-47(75-55(64)40-26-12-3-13-27-40)49(76-56(65)41-28-14-4-15-29-41)51(78-58(67)43-32-18-6-19-33-43)60(73-45)80-48-46(37-72-54(63)39-24-10-2-11-25-39)74-61(81-82(69)70)52(79-59(68)44-34-20-7-21-35-44)50(48)77-57(66)42-30-16-5-17-31-42/h1-35,45-52,60-61H,36-37H2/t45-,46-,47+,48-,49+,50+,51+,52+,60+,61-/m1/s1. The summed E-state index contributed by atoms with van der Waals surface area (Å²) in [7, 11) is -3.87. The van der Waals surface area contributed by atoms with Crippen LogP contribution in [0, 0.1) is 0 Å². The maximum atomic E-state index is 14.5. The van der Waals surface area contributed by atoms with Crippen LogP contribution in [-0.2, 0) is 56.5 Å². The van der Waals surface area contributed by atoms with Crippen molar-refractivity contribution in [2.24, 2.45) is 0 Å². The fraction of sp³-hybridized carbons (Fsp3) is 0.197. The minimum absolute atomic E-state index is 0.00915. The van der Waals surface area contributed by atoms with Crippen molar-refractivity contribution in [1.82, 2.24) is 0 Å². The van der Waals surface area contributed by atoms with Crippen LogP contribution in [0.5, 0.6) is 0 Å². The van der Waals surface area contributed by atoms with E-state index in [4.69, 9.17) is 51.9 Å². The van der Waals surface area contributed by atoms with Crippen LogP contribution in [0.2, 0.25) is 0 Å². The maximum Gasteiger partial charge on any atom is 0.491 e. The van der Waals surface area contributed by atoms with Gasteiger partial charge in [-0.15, -0.1) is 4.52 Å². The molecule has 2 heterocycles. The minimum atomic E-state index is -3.87. The molecule has 0 spiro atoms. The third-order valence-electron chi connectivity index (χ3n) is 12.7. The fourth-order valence-corrected chi connectivity index (χ4v) is 9.08. The van der Waals surface area contributed by atoms with Gasteiger partial charge in [0.2, 0.25) is 0 Å². The monoisotopic (exact) mass is 1130 g/mol. The molecule has 11 atom stereocenters. The number of esters is 7. The number of carbonyl (C=O) groups excluding carboxylic acids is 7. The summed E-state index contributed by atoms with van der Waals surface area (Å²) in [5.41, 5.74) is -0.0494. The van der Waals surface area contributed by atoms with Crippen molar-refractivity contribution in [2.45, 2.75) is 61.4 Å². The van der Waals surface area contributed by atoms with Gasteiger partial charge in [0.25, 0.3) is 6.29 Å². The van der Waals surface area contributed by atoms with Gasteiger partial charge in [0.15, 0.2) is 36.8 Å². The highest BCUT2D eigenvalue weighted by molar-refractivity contribution is 7.30. The number of hydrogen-bond donors (Lipinski definition) is 0. The van der Waals surface area contributed by atoms with Gasteiger partial charge in [0, 0.05) is 0 Å². The molecule has 0 amide bonds. The lowest BCUT2D eigenvalue weighted by molar-refractivity contribution is -0.351. The van der Waals surface area contributed by atoms with Gasteiger partial charge < -0.3 is 52.3 Å². The van der Waals surface area contributed by atoms with Crippen LogP contribution in [0.4, 0.5) is 0 Å². The van der Waals surface area contributed by atoms with Crippen molar-refractivity contribution >= 4 is 50.0 Å². The van der Waals surface area contributed by atoms with Gasteiger partial charge in [0.05, 0.1) is 38.9 Å². The molecule has 0 aromatic heterocycles. The van der Waals surface area contributed by atoms with E-state index in [0.717, 1.165) is 0 Å². The first-order chi connectivity index (χ1) is 39.9. The Bertz CT molecular complexity index is 3310. The third kappa shape index (κ3) is 14.7.